The average Bonchev–Trinajstić information content (AvgIpc) is 2.54. The molecule has 1 aromatic carbocycles. The molecule has 0 bridgehead atoms. The number of nitrogens with one attached hydrogen (secondary N) is 1. The number of hydrogen-bond donors (Lipinski definition) is 1. The zero-order chi connectivity index (χ0) is 16.1. The molecule has 1 N–H and O–H groups in total. The van der Waals surface area contributed by atoms with Gasteiger partial charge in [0.25, 0.3) is 11.5 Å². The van der Waals surface area contributed by atoms with Gasteiger partial charge in [0.15, 0.2) is 6.10 Å². The summed E-state index contributed by atoms with van der Waals surface area (Å²) in [6, 6.07) is 11.9. The minimum absolute atomic E-state index is 0.135. The lowest BCUT2D eigenvalue weighted by molar-refractivity contribution is -0.126. The summed E-state index contributed by atoms with van der Waals surface area (Å²) in [6.45, 7) is 1.47. The zero-order valence-corrected chi connectivity index (χ0v) is 12.3. The van der Waals surface area contributed by atoms with E-state index in [1.807, 2.05) is 6.07 Å². The number of pyridine rings is 1. The molecule has 0 fully saturated rings. The Kier molecular flexibility index (Phi) is 4.73. The van der Waals surface area contributed by atoms with Gasteiger partial charge in [-0.05, 0) is 31.2 Å². The van der Waals surface area contributed by atoms with E-state index in [9.17, 15) is 14.4 Å². The number of carbonyl (C=O) groups is 2. The number of rotatable bonds is 4. The van der Waals surface area contributed by atoms with Crippen molar-refractivity contribution in [3.8, 4) is 0 Å². The van der Waals surface area contributed by atoms with E-state index in [4.69, 9.17) is 4.74 Å². The number of hydrogen-bond acceptors (Lipinski definition) is 4. The smallest absolute Gasteiger partial charge is 0.344 e. The summed E-state index contributed by atoms with van der Waals surface area (Å²) in [4.78, 5) is 39.5. The van der Waals surface area contributed by atoms with Gasteiger partial charge in [0, 0.05) is 18.9 Å². The number of ether oxygens (including phenoxy) is 1. The fourth-order valence-corrected chi connectivity index (χ4v) is 1.91. The van der Waals surface area contributed by atoms with Gasteiger partial charge in [0.1, 0.15) is 5.56 Å². The van der Waals surface area contributed by atoms with Gasteiger partial charge in [-0.3, -0.25) is 9.59 Å². The molecule has 6 heteroatoms. The lowest BCUT2D eigenvalue weighted by Gasteiger charge is -2.21. The molecule has 1 amide bonds. The van der Waals surface area contributed by atoms with Crippen molar-refractivity contribution < 1.29 is 14.3 Å². The number of para-hydroxylation sites is 1. The van der Waals surface area contributed by atoms with Gasteiger partial charge in [-0.25, -0.2) is 4.79 Å². The molecule has 6 nitrogen and oxygen atoms in total. The van der Waals surface area contributed by atoms with E-state index in [-0.39, 0.29) is 11.5 Å². The molecule has 22 heavy (non-hydrogen) atoms. The second-order valence-electron chi connectivity index (χ2n) is 4.69. The fraction of sp³-hybridized carbons (Fsp3) is 0.188. The van der Waals surface area contributed by atoms with Crippen LogP contribution >= 0.6 is 0 Å². The zero-order valence-electron chi connectivity index (χ0n) is 12.3. The number of aromatic amines is 1. The van der Waals surface area contributed by atoms with Gasteiger partial charge in [0.05, 0.1) is 0 Å². The standard InChI is InChI=1S/C16H16N2O4/c1-11(15(20)18(2)12-7-4-3-5-8-12)22-16(21)13-9-6-10-17-14(13)19/h3-11H,1-2H3,(H,17,19)/t11-/m0/s1. The third kappa shape index (κ3) is 3.41. The van der Waals surface area contributed by atoms with E-state index in [0.29, 0.717) is 5.69 Å². The molecule has 1 heterocycles. The van der Waals surface area contributed by atoms with E-state index >= 15 is 0 Å². The van der Waals surface area contributed by atoms with Crippen molar-refractivity contribution >= 4 is 17.6 Å². The number of likely N-dealkylation sites (N-methyl/N-ethyl adjacent to an activating group) is 1. The first-order chi connectivity index (χ1) is 10.5. The Morgan fingerprint density at radius 1 is 1.14 bits per heavy atom. The highest BCUT2D eigenvalue weighted by atomic mass is 16.5. The highest BCUT2D eigenvalue weighted by Crippen LogP contribution is 2.13. The van der Waals surface area contributed by atoms with Crippen molar-refractivity contribution in [1.29, 1.82) is 0 Å². The van der Waals surface area contributed by atoms with Crippen LogP contribution in [0.5, 0.6) is 0 Å². The number of carbonyl (C=O) groups excluding carboxylic acids is 2. The fourth-order valence-electron chi connectivity index (χ4n) is 1.91. The highest BCUT2D eigenvalue weighted by molar-refractivity contribution is 5.98. The van der Waals surface area contributed by atoms with Gasteiger partial charge in [-0.15, -0.1) is 0 Å². The summed E-state index contributed by atoms with van der Waals surface area (Å²) in [6.07, 6.45) is 0.411. The summed E-state index contributed by atoms with van der Waals surface area (Å²) in [5.74, 6) is -1.21. The van der Waals surface area contributed by atoms with Crippen LogP contribution in [0.15, 0.2) is 53.5 Å². The third-order valence-electron chi connectivity index (χ3n) is 3.14. The van der Waals surface area contributed by atoms with Crippen molar-refractivity contribution in [3.05, 3.63) is 64.6 Å². The molecule has 0 aliphatic rings. The molecule has 0 radical (unpaired) electrons. The molecule has 0 unspecified atom stereocenters. The van der Waals surface area contributed by atoms with Crippen molar-refractivity contribution in [2.45, 2.75) is 13.0 Å². The Morgan fingerprint density at radius 3 is 2.45 bits per heavy atom. The van der Waals surface area contributed by atoms with E-state index in [2.05, 4.69) is 4.98 Å². The number of benzene rings is 1. The minimum atomic E-state index is -1.00. The van der Waals surface area contributed by atoms with Gasteiger partial charge in [0.2, 0.25) is 0 Å². The van der Waals surface area contributed by atoms with Gasteiger partial charge in [-0.2, -0.15) is 0 Å². The summed E-state index contributed by atoms with van der Waals surface area (Å²) < 4.78 is 5.07. The lowest BCUT2D eigenvalue weighted by Crippen LogP contribution is -2.38. The maximum atomic E-state index is 12.3. The Morgan fingerprint density at radius 2 is 1.82 bits per heavy atom. The third-order valence-corrected chi connectivity index (χ3v) is 3.14. The van der Waals surface area contributed by atoms with Gasteiger partial charge >= 0.3 is 5.97 Å². The van der Waals surface area contributed by atoms with E-state index in [0.717, 1.165) is 0 Å². The normalized spacial score (nSPS) is 11.5. The molecule has 114 valence electrons. The second kappa shape index (κ2) is 6.71. The van der Waals surface area contributed by atoms with E-state index in [1.54, 1.807) is 31.3 Å². The first kappa shape index (κ1) is 15.5. The summed E-state index contributed by atoms with van der Waals surface area (Å²) >= 11 is 0. The lowest BCUT2D eigenvalue weighted by atomic mass is 10.2. The Bertz CT molecular complexity index is 724. The molecular formula is C16H16N2O4. The Labute approximate surface area is 127 Å². The predicted molar refractivity (Wildman–Crippen MR) is 81.8 cm³/mol. The Hall–Kier alpha value is -2.89. The number of H-pyrrole nitrogens is 1. The van der Waals surface area contributed by atoms with E-state index < -0.39 is 17.6 Å². The van der Waals surface area contributed by atoms with E-state index in [1.165, 1.54) is 30.2 Å². The van der Waals surface area contributed by atoms with Crippen molar-refractivity contribution in [1.82, 2.24) is 4.98 Å². The highest BCUT2D eigenvalue weighted by Gasteiger charge is 2.24. The molecule has 2 aromatic rings. The van der Waals surface area contributed by atoms with Gasteiger partial charge < -0.3 is 14.6 Å². The average molecular weight is 300 g/mol. The minimum Gasteiger partial charge on any atom is -0.449 e. The van der Waals surface area contributed by atoms with Crippen LogP contribution in [0, 0.1) is 0 Å². The largest absolute Gasteiger partial charge is 0.449 e. The molecule has 0 aliphatic carbocycles. The van der Waals surface area contributed by atoms with Crippen molar-refractivity contribution in [3.63, 3.8) is 0 Å². The van der Waals surface area contributed by atoms with Crippen LogP contribution in [-0.2, 0) is 9.53 Å². The van der Waals surface area contributed by atoms with Crippen LogP contribution in [0.2, 0.25) is 0 Å². The molecule has 0 aliphatic heterocycles. The number of nitrogens with zero attached hydrogens (tertiary/aromatic N) is 1. The number of esters is 1. The monoisotopic (exact) mass is 300 g/mol. The SMILES string of the molecule is C[C@H](OC(=O)c1ccc[nH]c1=O)C(=O)N(C)c1ccccc1. The quantitative estimate of drug-likeness (QED) is 0.869. The first-order valence-electron chi connectivity index (χ1n) is 6.72. The van der Waals surface area contributed by atoms with Gasteiger partial charge in [-0.1, -0.05) is 18.2 Å². The summed E-state index contributed by atoms with van der Waals surface area (Å²) in [5, 5.41) is 0. The van der Waals surface area contributed by atoms with Crippen LogP contribution < -0.4 is 10.5 Å². The van der Waals surface area contributed by atoms with Crippen molar-refractivity contribution in [2.24, 2.45) is 0 Å². The topological polar surface area (TPSA) is 79.5 Å². The first-order valence-corrected chi connectivity index (χ1v) is 6.72. The van der Waals surface area contributed by atoms with Crippen LogP contribution in [0.3, 0.4) is 0 Å². The second-order valence-corrected chi connectivity index (χ2v) is 4.69. The summed E-state index contributed by atoms with van der Waals surface area (Å²) in [7, 11) is 1.59. The molecule has 0 spiro atoms. The maximum Gasteiger partial charge on any atom is 0.344 e. The predicted octanol–water partition coefficient (Wildman–Crippen LogP) is 1.58. The van der Waals surface area contributed by atoms with Crippen LogP contribution in [0.1, 0.15) is 17.3 Å². The van der Waals surface area contributed by atoms with Crippen LogP contribution in [-0.4, -0.2) is 30.0 Å². The molecule has 1 atom stereocenters. The molecule has 0 saturated carbocycles. The van der Waals surface area contributed by atoms with Crippen LogP contribution in [0.4, 0.5) is 5.69 Å². The molecular weight excluding hydrogens is 284 g/mol. The molecule has 1 aromatic heterocycles. The molecule has 2 rings (SSSR count). The number of amides is 1. The van der Waals surface area contributed by atoms with Crippen LogP contribution in [0.25, 0.3) is 0 Å². The van der Waals surface area contributed by atoms with Crippen molar-refractivity contribution in [2.75, 3.05) is 11.9 Å². The number of aromatic nitrogens is 1. The number of anilines is 1. The molecule has 0 saturated heterocycles. The maximum absolute atomic E-state index is 12.3. The Balaban J connectivity index is 2.07. The summed E-state index contributed by atoms with van der Waals surface area (Å²) in [5.41, 5.74) is 0.000958.